The van der Waals surface area contributed by atoms with E-state index in [0.29, 0.717) is 18.4 Å². The van der Waals surface area contributed by atoms with Crippen LogP contribution in [0.3, 0.4) is 0 Å². The largest absolute Gasteiger partial charge is 0.481 e. The molecule has 0 aromatic heterocycles. The average molecular weight is 296 g/mol. The molecular formula is C14H16O5S. The number of carboxylic acid groups (broad SMARTS) is 1. The third-order valence-electron chi connectivity index (χ3n) is 4.62. The van der Waals surface area contributed by atoms with Gasteiger partial charge in [0, 0.05) is 5.92 Å². The summed E-state index contributed by atoms with van der Waals surface area (Å²) >= 11 is 0. The molecule has 0 amide bonds. The zero-order chi connectivity index (χ0) is 14.5. The Balaban J connectivity index is 2.15. The minimum Gasteiger partial charge on any atom is -0.481 e. The summed E-state index contributed by atoms with van der Waals surface area (Å²) in [7, 11) is -3.37. The Hall–Kier alpha value is -1.40. The maximum atomic E-state index is 11.9. The summed E-state index contributed by atoms with van der Waals surface area (Å²) in [5.41, 5.74) is 0.319. The van der Waals surface area contributed by atoms with Crippen LogP contribution in [0.1, 0.15) is 17.5 Å². The van der Waals surface area contributed by atoms with Crippen LogP contribution in [0, 0.1) is 5.92 Å². The lowest BCUT2D eigenvalue weighted by atomic mass is 9.70. The quantitative estimate of drug-likeness (QED) is 0.822. The number of carbonyl (C=O) groups is 1. The molecule has 1 aromatic carbocycles. The van der Waals surface area contributed by atoms with Crippen molar-refractivity contribution in [2.75, 3.05) is 11.5 Å². The summed E-state index contributed by atoms with van der Waals surface area (Å²) < 4.78 is 23.5. The average Bonchev–Trinajstić information content (AvgIpc) is 2.87. The number of aliphatic hydroxyl groups is 1. The van der Waals surface area contributed by atoms with Gasteiger partial charge in [-0.2, -0.15) is 0 Å². The van der Waals surface area contributed by atoms with Crippen molar-refractivity contribution < 1.29 is 23.4 Å². The van der Waals surface area contributed by atoms with Gasteiger partial charge in [0.1, 0.15) is 0 Å². The van der Waals surface area contributed by atoms with Crippen molar-refractivity contribution in [2.24, 2.45) is 5.92 Å². The molecule has 3 unspecified atom stereocenters. The van der Waals surface area contributed by atoms with Crippen LogP contribution >= 0.6 is 0 Å². The molecule has 3 atom stereocenters. The lowest BCUT2D eigenvalue weighted by molar-refractivity contribution is -0.147. The van der Waals surface area contributed by atoms with Gasteiger partial charge in [-0.3, -0.25) is 4.79 Å². The van der Waals surface area contributed by atoms with Gasteiger partial charge in [0.25, 0.3) is 0 Å². The van der Waals surface area contributed by atoms with Crippen molar-refractivity contribution in [3.8, 4) is 0 Å². The summed E-state index contributed by atoms with van der Waals surface area (Å²) in [5.74, 6) is -2.40. The van der Waals surface area contributed by atoms with Gasteiger partial charge in [-0.25, -0.2) is 8.42 Å². The predicted molar refractivity (Wildman–Crippen MR) is 72.2 cm³/mol. The molecule has 6 heteroatoms. The molecule has 0 bridgehead atoms. The van der Waals surface area contributed by atoms with E-state index in [4.69, 9.17) is 0 Å². The molecule has 20 heavy (non-hydrogen) atoms. The van der Waals surface area contributed by atoms with Crippen molar-refractivity contribution in [1.82, 2.24) is 0 Å². The van der Waals surface area contributed by atoms with Gasteiger partial charge >= 0.3 is 5.97 Å². The molecular weight excluding hydrogens is 280 g/mol. The first-order valence-electron chi connectivity index (χ1n) is 6.57. The number of sulfone groups is 1. The molecule has 1 aromatic rings. The van der Waals surface area contributed by atoms with E-state index in [1.165, 1.54) is 0 Å². The summed E-state index contributed by atoms with van der Waals surface area (Å²) in [6.07, 6.45) is -0.160. The second kappa shape index (κ2) is 4.30. The number of hydrogen-bond donors (Lipinski definition) is 2. The molecule has 0 saturated carbocycles. The summed E-state index contributed by atoms with van der Waals surface area (Å²) in [6, 6.07) is 7.22. The summed E-state index contributed by atoms with van der Waals surface area (Å²) in [5, 5.41) is 19.8. The highest BCUT2D eigenvalue weighted by atomic mass is 32.2. The highest BCUT2D eigenvalue weighted by molar-refractivity contribution is 7.91. The maximum absolute atomic E-state index is 11.9. The number of benzene rings is 1. The first-order chi connectivity index (χ1) is 9.37. The van der Waals surface area contributed by atoms with E-state index < -0.39 is 33.2 Å². The molecule has 0 spiro atoms. The third-order valence-corrected chi connectivity index (χ3v) is 6.34. The lowest BCUT2D eigenvalue weighted by Crippen LogP contribution is -2.46. The number of aliphatic hydroxyl groups excluding tert-OH is 1. The van der Waals surface area contributed by atoms with E-state index in [1.807, 2.05) is 12.1 Å². The molecule has 2 N–H and O–H groups in total. The third kappa shape index (κ3) is 1.78. The van der Waals surface area contributed by atoms with E-state index in [2.05, 4.69) is 0 Å². The van der Waals surface area contributed by atoms with Crippen LogP contribution in [0.25, 0.3) is 0 Å². The van der Waals surface area contributed by atoms with Crippen LogP contribution in [0.4, 0.5) is 0 Å². The molecule has 3 rings (SSSR count). The van der Waals surface area contributed by atoms with Gasteiger partial charge in [-0.1, -0.05) is 24.3 Å². The second-order valence-electron chi connectivity index (χ2n) is 5.68. The lowest BCUT2D eigenvalue weighted by Gasteiger charge is -2.33. The van der Waals surface area contributed by atoms with Crippen LogP contribution in [0.2, 0.25) is 0 Å². The first kappa shape index (κ1) is 13.6. The van der Waals surface area contributed by atoms with Crippen molar-refractivity contribution in [3.05, 3.63) is 35.4 Å². The fourth-order valence-corrected chi connectivity index (χ4v) is 5.65. The molecule has 1 fully saturated rings. The highest BCUT2D eigenvalue weighted by Crippen LogP contribution is 2.48. The normalized spacial score (nSPS) is 34.9. The smallest absolute Gasteiger partial charge is 0.314 e. The van der Waals surface area contributed by atoms with Crippen LogP contribution < -0.4 is 0 Å². The van der Waals surface area contributed by atoms with Crippen molar-refractivity contribution >= 4 is 15.8 Å². The predicted octanol–water partition coefficient (Wildman–Crippen LogP) is 0.361. The van der Waals surface area contributed by atoms with E-state index in [1.54, 1.807) is 12.1 Å². The van der Waals surface area contributed by atoms with E-state index in [-0.39, 0.29) is 11.5 Å². The fourth-order valence-electron chi connectivity index (χ4n) is 3.71. The number of fused-ring (bicyclic) bond motifs is 1. The van der Waals surface area contributed by atoms with Crippen molar-refractivity contribution in [2.45, 2.75) is 24.4 Å². The number of carboxylic acids is 1. The minimum atomic E-state index is -3.37. The minimum absolute atomic E-state index is 0.255. The monoisotopic (exact) mass is 296 g/mol. The first-order valence-corrected chi connectivity index (χ1v) is 8.39. The van der Waals surface area contributed by atoms with Crippen LogP contribution in [-0.4, -0.2) is 42.2 Å². The molecule has 108 valence electrons. The Kier molecular flexibility index (Phi) is 2.92. The molecule has 1 aliphatic carbocycles. The van der Waals surface area contributed by atoms with Crippen molar-refractivity contribution in [3.63, 3.8) is 0 Å². The van der Waals surface area contributed by atoms with Gasteiger partial charge in [-0.15, -0.1) is 0 Å². The molecule has 2 aliphatic rings. The van der Waals surface area contributed by atoms with Gasteiger partial charge in [0.15, 0.2) is 9.84 Å². The number of aryl methyl sites for hydroxylation is 1. The van der Waals surface area contributed by atoms with Crippen LogP contribution in [0.15, 0.2) is 24.3 Å². The molecule has 5 nitrogen and oxygen atoms in total. The fraction of sp³-hybridized carbons (Fsp3) is 0.500. The number of rotatable bonds is 2. The Morgan fingerprint density at radius 2 is 1.95 bits per heavy atom. The molecule has 1 aliphatic heterocycles. The van der Waals surface area contributed by atoms with Crippen molar-refractivity contribution in [1.29, 1.82) is 0 Å². The Labute approximate surface area is 117 Å². The summed E-state index contributed by atoms with van der Waals surface area (Å²) in [4.78, 5) is 11.9. The Morgan fingerprint density at radius 3 is 2.55 bits per heavy atom. The van der Waals surface area contributed by atoms with E-state index in [0.717, 1.165) is 5.56 Å². The zero-order valence-electron chi connectivity index (χ0n) is 10.8. The Bertz CT molecular complexity index is 666. The van der Waals surface area contributed by atoms with Gasteiger partial charge < -0.3 is 10.2 Å². The van der Waals surface area contributed by atoms with Gasteiger partial charge in [0.2, 0.25) is 0 Å². The van der Waals surface area contributed by atoms with E-state index in [9.17, 15) is 23.4 Å². The van der Waals surface area contributed by atoms with Crippen LogP contribution in [-0.2, 0) is 26.5 Å². The number of aliphatic carboxylic acids is 1. The summed E-state index contributed by atoms with van der Waals surface area (Å²) in [6.45, 7) is 0. The zero-order valence-corrected chi connectivity index (χ0v) is 11.6. The van der Waals surface area contributed by atoms with Gasteiger partial charge in [0.05, 0.1) is 23.0 Å². The van der Waals surface area contributed by atoms with E-state index >= 15 is 0 Å². The standard InChI is InChI=1S/C14H16O5S/c15-12-8-20(18,19)7-11(12)14(13(16)17)6-5-9-3-1-2-4-10(9)14/h1-4,11-12,15H,5-8H2,(H,16,17). The SMILES string of the molecule is O=C(O)C1(C2CS(=O)(=O)CC2O)CCc2ccccc21. The molecule has 1 heterocycles. The topological polar surface area (TPSA) is 91.7 Å². The molecule has 1 saturated heterocycles. The van der Waals surface area contributed by atoms with Crippen LogP contribution in [0.5, 0.6) is 0 Å². The number of hydrogen-bond acceptors (Lipinski definition) is 4. The second-order valence-corrected chi connectivity index (χ2v) is 7.84. The molecule has 0 radical (unpaired) electrons. The highest BCUT2D eigenvalue weighted by Gasteiger charge is 2.57. The maximum Gasteiger partial charge on any atom is 0.314 e. The Morgan fingerprint density at radius 1 is 1.25 bits per heavy atom. The van der Waals surface area contributed by atoms with Gasteiger partial charge in [-0.05, 0) is 24.0 Å².